The maximum absolute atomic E-state index is 12.4. The first-order chi connectivity index (χ1) is 13.2. The molecule has 27 heavy (non-hydrogen) atoms. The number of hydrogen-bond donors (Lipinski definition) is 2. The van der Waals surface area contributed by atoms with Gasteiger partial charge in [-0.3, -0.25) is 9.36 Å². The summed E-state index contributed by atoms with van der Waals surface area (Å²) < 4.78 is 3.82. The van der Waals surface area contributed by atoms with Crippen LogP contribution in [0.15, 0.2) is 55.6 Å². The van der Waals surface area contributed by atoms with Gasteiger partial charge in [-0.05, 0) is 36.5 Å². The van der Waals surface area contributed by atoms with Gasteiger partial charge < -0.3 is 15.0 Å². The largest absolute Gasteiger partial charge is 0.391 e. The van der Waals surface area contributed by atoms with E-state index >= 15 is 0 Å². The number of rotatable bonds is 6. The summed E-state index contributed by atoms with van der Waals surface area (Å²) in [5, 5.41) is 20.8. The zero-order valence-corrected chi connectivity index (χ0v) is 14.8. The predicted molar refractivity (Wildman–Crippen MR) is 98.0 cm³/mol. The van der Waals surface area contributed by atoms with Crippen LogP contribution in [0.4, 0.5) is 0 Å². The van der Waals surface area contributed by atoms with Crippen molar-refractivity contribution in [3.63, 3.8) is 0 Å². The van der Waals surface area contributed by atoms with Crippen LogP contribution in [0.3, 0.4) is 0 Å². The molecule has 0 bridgehead atoms. The molecule has 4 rings (SSSR count). The van der Waals surface area contributed by atoms with Gasteiger partial charge in [-0.1, -0.05) is 12.1 Å². The van der Waals surface area contributed by atoms with E-state index < -0.39 is 6.10 Å². The number of carbonyl (C=O) groups is 1. The third-order valence-electron chi connectivity index (χ3n) is 5.02. The third-order valence-corrected chi connectivity index (χ3v) is 5.02. The van der Waals surface area contributed by atoms with Crippen molar-refractivity contribution < 1.29 is 9.90 Å². The average molecular weight is 366 g/mol. The fourth-order valence-corrected chi connectivity index (χ4v) is 3.68. The fraction of sp³-hybridized carbons (Fsp3) is 0.368. The Morgan fingerprint density at radius 1 is 1.15 bits per heavy atom. The van der Waals surface area contributed by atoms with Crippen LogP contribution in [0.25, 0.3) is 5.69 Å². The Labute approximate surface area is 156 Å². The predicted octanol–water partition coefficient (Wildman–Crippen LogP) is 0.962. The number of hydrogen-bond acceptors (Lipinski definition) is 5. The van der Waals surface area contributed by atoms with Gasteiger partial charge in [0.2, 0.25) is 5.91 Å². The number of benzene rings is 1. The number of aliphatic hydroxyl groups is 1. The lowest BCUT2D eigenvalue weighted by Gasteiger charge is -2.16. The topological polar surface area (TPSA) is 97.9 Å². The Bertz CT molecular complexity index is 860. The van der Waals surface area contributed by atoms with Crippen LogP contribution >= 0.6 is 0 Å². The molecule has 1 amide bonds. The van der Waals surface area contributed by atoms with E-state index in [4.69, 9.17) is 0 Å². The molecule has 3 aromatic rings. The van der Waals surface area contributed by atoms with Gasteiger partial charge in [0.1, 0.15) is 12.7 Å². The van der Waals surface area contributed by atoms with Crippen molar-refractivity contribution in [2.75, 3.05) is 0 Å². The molecule has 3 atom stereocenters. The number of aliphatic hydroxyl groups excluding tert-OH is 1. The molecule has 1 aliphatic rings. The van der Waals surface area contributed by atoms with Gasteiger partial charge in [-0.2, -0.15) is 0 Å². The summed E-state index contributed by atoms with van der Waals surface area (Å²) in [7, 11) is 0. The highest BCUT2D eigenvalue weighted by atomic mass is 16.3. The molecule has 2 N–H and O–H groups in total. The number of nitrogens with one attached hydrogen (secondary N) is 1. The van der Waals surface area contributed by atoms with Crippen LogP contribution in [-0.4, -0.2) is 47.5 Å². The monoisotopic (exact) mass is 366 g/mol. The molecule has 0 saturated heterocycles. The minimum atomic E-state index is -0.501. The number of amides is 1. The first kappa shape index (κ1) is 17.4. The highest BCUT2D eigenvalue weighted by molar-refractivity contribution is 5.79. The van der Waals surface area contributed by atoms with E-state index in [1.807, 2.05) is 35.0 Å². The van der Waals surface area contributed by atoms with Crippen molar-refractivity contribution in [2.24, 2.45) is 5.92 Å². The molecule has 2 aromatic heterocycles. The normalized spacial score (nSPS) is 22.0. The van der Waals surface area contributed by atoms with Crippen LogP contribution in [0.2, 0.25) is 0 Å². The Balaban J connectivity index is 1.30. The molecule has 0 radical (unpaired) electrons. The van der Waals surface area contributed by atoms with E-state index in [2.05, 4.69) is 20.5 Å². The molecule has 2 heterocycles. The summed E-state index contributed by atoms with van der Waals surface area (Å²) in [6, 6.07) is 7.50. The number of imidazole rings is 1. The second-order valence-corrected chi connectivity index (χ2v) is 7.05. The Morgan fingerprint density at radius 2 is 1.93 bits per heavy atom. The highest BCUT2D eigenvalue weighted by Gasteiger charge is 2.33. The number of carbonyl (C=O) groups excluding carboxylic acids is 1. The summed E-state index contributed by atoms with van der Waals surface area (Å²) in [6.07, 6.45) is 9.96. The lowest BCUT2D eigenvalue weighted by molar-refractivity contribution is -0.121. The Hall–Kier alpha value is -3.00. The minimum absolute atomic E-state index is 0.0700. The molecule has 1 fully saturated rings. The minimum Gasteiger partial charge on any atom is -0.391 e. The van der Waals surface area contributed by atoms with Gasteiger partial charge in [0.05, 0.1) is 24.9 Å². The van der Waals surface area contributed by atoms with Crippen molar-refractivity contribution in [3.05, 3.63) is 61.2 Å². The second-order valence-electron chi connectivity index (χ2n) is 7.05. The summed E-state index contributed by atoms with van der Waals surface area (Å²) in [5.74, 6) is 0.266. The quantitative estimate of drug-likeness (QED) is 0.677. The molecule has 1 unspecified atom stereocenters. The van der Waals surface area contributed by atoms with Gasteiger partial charge >= 0.3 is 0 Å². The van der Waals surface area contributed by atoms with Crippen LogP contribution < -0.4 is 5.32 Å². The van der Waals surface area contributed by atoms with Gasteiger partial charge in [-0.15, -0.1) is 10.2 Å². The Morgan fingerprint density at radius 3 is 2.63 bits per heavy atom. The molecule has 0 aliphatic heterocycles. The second kappa shape index (κ2) is 7.71. The van der Waals surface area contributed by atoms with Crippen molar-refractivity contribution in [3.8, 4) is 5.69 Å². The first-order valence-electron chi connectivity index (χ1n) is 9.04. The van der Waals surface area contributed by atoms with Crippen molar-refractivity contribution in [1.29, 1.82) is 0 Å². The van der Waals surface area contributed by atoms with Crippen molar-refractivity contribution in [2.45, 2.75) is 38.0 Å². The lowest BCUT2D eigenvalue weighted by atomic mass is 10.1. The smallest absolute Gasteiger partial charge is 0.224 e. The summed E-state index contributed by atoms with van der Waals surface area (Å²) in [5.41, 5.74) is 1.87. The molecule has 8 heteroatoms. The third kappa shape index (κ3) is 4.22. The summed E-state index contributed by atoms with van der Waals surface area (Å²) in [4.78, 5) is 16.4. The SMILES string of the molecule is O=C(Cc1ccc(-n2cnnc2)cc1)N[C@@H]1CC(Cn2ccnc2)C[C@H]1O. The average Bonchev–Trinajstić information content (AvgIpc) is 3.40. The molecular formula is C19H22N6O2. The van der Waals surface area contributed by atoms with Crippen LogP contribution in [-0.2, 0) is 17.8 Å². The number of aromatic nitrogens is 5. The standard InChI is InChI=1S/C19H22N6O2/c26-18-8-15(10-24-6-5-20-11-24)7-17(18)23-19(27)9-14-1-3-16(4-2-14)25-12-21-22-13-25/h1-6,11-13,15,17-18,26H,7-10H2,(H,23,27)/t15?,17-,18-/m1/s1. The van der Waals surface area contributed by atoms with Gasteiger partial charge in [0.25, 0.3) is 0 Å². The van der Waals surface area contributed by atoms with Gasteiger partial charge in [-0.25, -0.2) is 4.98 Å². The van der Waals surface area contributed by atoms with Gasteiger partial charge in [0.15, 0.2) is 0 Å². The van der Waals surface area contributed by atoms with Crippen LogP contribution in [0.1, 0.15) is 18.4 Å². The zero-order chi connectivity index (χ0) is 18.6. The van der Waals surface area contributed by atoms with Crippen LogP contribution in [0.5, 0.6) is 0 Å². The van der Waals surface area contributed by atoms with E-state index in [1.54, 1.807) is 29.7 Å². The molecule has 1 aliphatic carbocycles. The molecular weight excluding hydrogens is 344 g/mol. The van der Waals surface area contributed by atoms with E-state index in [9.17, 15) is 9.90 Å². The molecule has 0 spiro atoms. The summed E-state index contributed by atoms with van der Waals surface area (Å²) in [6.45, 7) is 0.813. The van der Waals surface area contributed by atoms with E-state index in [-0.39, 0.29) is 18.4 Å². The van der Waals surface area contributed by atoms with Crippen molar-refractivity contribution in [1.82, 2.24) is 29.6 Å². The fourth-order valence-electron chi connectivity index (χ4n) is 3.68. The first-order valence-corrected chi connectivity index (χ1v) is 9.04. The van der Waals surface area contributed by atoms with Crippen LogP contribution in [0, 0.1) is 5.92 Å². The summed E-state index contributed by atoms with van der Waals surface area (Å²) >= 11 is 0. The highest BCUT2D eigenvalue weighted by Crippen LogP contribution is 2.27. The zero-order valence-electron chi connectivity index (χ0n) is 14.8. The maximum Gasteiger partial charge on any atom is 0.224 e. The van der Waals surface area contributed by atoms with E-state index in [1.165, 1.54) is 0 Å². The van der Waals surface area contributed by atoms with Gasteiger partial charge in [0, 0.05) is 24.6 Å². The molecule has 8 nitrogen and oxygen atoms in total. The molecule has 1 saturated carbocycles. The van der Waals surface area contributed by atoms with E-state index in [0.29, 0.717) is 12.3 Å². The van der Waals surface area contributed by atoms with Crippen molar-refractivity contribution >= 4 is 5.91 Å². The lowest BCUT2D eigenvalue weighted by Crippen LogP contribution is -2.40. The Kier molecular flexibility index (Phi) is 4.97. The maximum atomic E-state index is 12.4. The van der Waals surface area contributed by atoms with E-state index in [0.717, 1.165) is 24.2 Å². The number of nitrogens with zero attached hydrogens (tertiary/aromatic N) is 5. The molecule has 140 valence electrons. The molecule has 1 aromatic carbocycles.